The zero-order chi connectivity index (χ0) is 16.9. The van der Waals surface area contributed by atoms with Crippen LogP contribution in [0, 0.1) is 0 Å². The van der Waals surface area contributed by atoms with E-state index < -0.39 is 0 Å². The number of aromatic nitrogens is 1. The van der Waals surface area contributed by atoms with Crippen LogP contribution >= 0.6 is 23.2 Å². The number of halogens is 2. The van der Waals surface area contributed by atoms with Crippen LogP contribution in [0.3, 0.4) is 0 Å². The van der Waals surface area contributed by atoms with Crippen molar-refractivity contribution in [2.45, 2.75) is 38.3 Å². The largest absolute Gasteiger partial charge is 0.322 e. The van der Waals surface area contributed by atoms with Gasteiger partial charge < -0.3 is 10.2 Å². The maximum Gasteiger partial charge on any atom is 0.322 e. The number of carbonyl (C=O) groups excluding carboxylic acids is 1. The first-order valence-electron chi connectivity index (χ1n) is 8.05. The van der Waals surface area contributed by atoms with E-state index in [1.807, 2.05) is 17.0 Å². The second-order valence-corrected chi connectivity index (χ2v) is 6.80. The van der Waals surface area contributed by atoms with Crippen LogP contribution in [-0.4, -0.2) is 22.0 Å². The fourth-order valence-corrected chi connectivity index (χ4v) is 3.33. The molecule has 24 heavy (non-hydrogen) atoms. The van der Waals surface area contributed by atoms with Crippen molar-refractivity contribution in [3.05, 3.63) is 58.3 Å². The molecule has 2 amide bonds. The number of anilines is 1. The highest BCUT2D eigenvalue weighted by Crippen LogP contribution is 2.28. The van der Waals surface area contributed by atoms with E-state index in [1.54, 1.807) is 30.6 Å². The van der Waals surface area contributed by atoms with E-state index in [0.717, 1.165) is 31.2 Å². The first-order chi connectivity index (χ1) is 11.6. The van der Waals surface area contributed by atoms with Crippen LogP contribution < -0.4 is 5.32 Å². The molecule has 0 aliphatic heterocycles. The standard InChI is InChI=1S/C18H19Cl2N3O/c19-16-6-5-14(11-17(16)20)22-18(24)23(15-3-1-2-4-15)12-13-7-9-21-10-8-13/h5-11,15H,1-4,12H2,(H,22,24). The van der Waals surface area contributed by atoms with Gasteiger partial charge in [0.1, 0.15) is 0 Å². The minimum absolute atomic E-state index is 0.114. The summed E-state index contributed by atoms with van der Waals surface area (Å²) in [7, 11) is 0. The van der Waals surface area contributed by atoms with Gasteiger partial charge in [-0.2, -0.15) is 0 Å². The van der Waals surface area contributed by atoms with Crippen LogP contribution in [0.5, 0.6) is 0 Å². The summed E-state index contributed by atoms with van der Waals surface area (Å²) >= 11 is 12.0. The van der Waals surface area contributed by atoms with Gasteiger partial charge in [0.2, 0.25) is 0 Å². The highest BCUT2D eigenvalue weighted by atomic mass is 35.5. The molecule has 1 N–H and O–H groups in total. The van der Waals surface area contributed by atoms with Crippen molar-refractivity contribution in [2.24, 2.45) is 0 Å². The fraction of sp³-hybridized carbons (Fsp3) is 0.333. The molecular weight excluding hydrogens is 345 g/mol. The predicted molar refractivity (Wildman–Crippen MR) is 97.5 cm³/mol. The van der Waals surface area contributed by atoms with Crippen molar-refractivity contribution in [2.75, 3.05) is 5.32 Å². The molecule has 126 valence electrons. The van der Waals surface area contributed by atoms with E-state index in [2.05, 4.69) is 10.3 Å². The molecule has 1 aromatic heterocycles. The normalized spacial score (nSPS) is 14.6. The predicted octanol–water partition coefficient (Wildman–Crippen LogP) is 5.37. The Balaban J connectivity index is 1.76. The summed E-state index contributed by atoms with van der Waals surface area (Å²) in [4.78, 5) is 18.8. The van der Waals surface area contributed by atoms with E-state index in [9.17, 15) is 4.79 Å². The smallest absolute Gasteiger partial charge is 0.317 e. The fourth-order valence-electron chi connectivity index (χ4n) is 3.04. The average molecular weight is 364 g/mol. The summed E-state index contributed by atoms with van der Waals surface area (Å²) in [6.07, 6.45) is 7.91. The van der Waals surface area contributed by atoms with Crippen LogP contribution in [-0.2, 0) is 6.54 Å². The quantitative estimate of drug-likeness (QED) is 0.793. The van der Waals surface area contributed by atoms with Gasteiger partial charge in [0.15, 0.2) is 0 Å². The van der Waals surface area contributed by atoms with E-state index in [0.29, 0.717) is 22.3 Å². The van der Waals surface area contributed by atoms with Gasteiger partial charge in [0, 0.05) is 30.7 Å². The van der Waals surface area contributed by atoms with Crippen LogP contribution in [0.1, 0.15) is 31.2 Å². The van der Waals surface area contributed by atoms with Gasteiger partial charge in [-0.15, -0.1) is 0 Å². The molecule has 0 atom stereocenters. The molecule has 0 bridgehead atoms. The third-order valence-corrected chi connectivity index (χ3v) is 5.04. The number of rotatable bonds is 4. The third kappa shape index (κ3) is 4.19. The van der Waals surface area contributed by atoms with Crippen molar-refractivity contribution < 1.29 is 4.79 Å². The molecule has 1 aliphatic carbocycles. The third-order valence-electron chi connectivity index (χ3n) is 4.30. The first-order valence-corrected chi connectivity index (χ1v) is 8.80. The Morgan fingerprint density at radius 2 is 1.83 bits per heavy atom. The minimum Gasteiger partial charge on any atom is -0.317 e. The SMILES string of the molecule is O=C(Nc1ccc(Cl)c(Cl)c1)N(Cc1ccncc1)C1CCCC1. The number of hydrogen-bond acceptors (Lipinski definition) is 2. The molecule has 4 nitrogen and oxygen atoms in total. The van der Waals surface area contributed by atoms with Gasteiger partial charge in [-0.3, -0.25) is 4.98 Å². The Morgan fingerprint density at radius 1 is 1.12 bits per heavy atom. The van der Waals surface area contributed by atoms with Gasteiger partial charge in [0.25, 0.3) is 0 Å². The average Bonchev–Trinajstić information content (AvgIpc) is 3.11. The molecule has 3 rings (SSSR count). The van der Waals surface area contributed by atoms with Crippen molar-refractivity contribution in [3.8, 4) is 0 Å². The number of amides is 2. The number of benzene rings is 1. The molecular formula is C18H19Cl2N3O. The monoisotopic (exact) mass is 363 g/mol. The lowest BCUT2D eigenvalue weighted by atomic mass is 10.2. The molecule has 0 spiro atoms. The summed E-state index contributed by atoms with van der Waals surface area (Å²) in [5, 5.41) is 3.83. The molecule has 1 aromatic carbocycles. The van der Waals surface area contributed by atoms with Gasteiger partial charge in [-0.25, -0.2) is 4.79 Å². The Labute approximate surface area is 151 Å². The van der Waals surface area contributed by atoms with Crippen molar-refractivity contribution in [1.29, 1.82) is 0 Å². The Hall–Kier alpha value is -1.78. The van der Waals surface area contributed by atoms with Crippen LogP contribution in [0.15, 0.2) is 42.7 Å². The lowest BCUT2D eigenvalue weighted by molar-refractivity contribution is 0.184. The minimum atomic E-state index is -0.114. The summed E-state index contributed by atoms with van der Waals surface area (Å²) < 4.78 is 0. The summed E-state index contributed by atoms with van der Waals surface area (Å²) in [5.74, 6) is 0. The molecule has 6 heteroatoms. The van der Waals surface area contributed by atoms with E-state index in [-0.39, 0.29) is 12.1 Å². The topological polar surface area (TPSA) is 45.2 Å². The van der Waals surface area contributed by atoms with Crippen LogP contribution in [0.2, 0.25) is 10.0 Å². The summed E-state index contributed by atoms with van der Waals surface area (Å²) in [5.41, 5.74) is 1.72. The van der Waals surface area contributed by atoms with Crippen molar-refractivity contribution >= 4 is 34.9 Å². The molecule has 2 aromatic rings. The lowest BCUT2D eigenvalue weighted by Gasteiger charge is -2.29. The highest BCUT2D eigenvalue weighted by Gasteiger charge is 2.27. The molecule has 0 unspecified atom stereocenters. The van der Waals surface area contributed by atoms with Gasteiger partial charge >= 0.3 is 6.03 Å². The number of nitrogens with zero attached hydrogens (tertiary/aromatic N) is 2. The summed E-state index contributed by atoms with van der Waals surface area (Å²) in [6.45, 7) is 0.570. The Kier molecular flexibility index (Phi) is 5.59. The summed E-state index contributed by atoms with van der Waals surface area (Å²) in [6, 6.07) is 9.13. The lowest BCUT2D eigenvalue weighted by Crippen LogP contribution is -2.41. The number of hydrogen-bond donors (Lipinski definition) is 1. The van der Waals surface area contributed by atoms with Crippen molar-refractivity contribution in [1.82, 2.24) is 9.88 Å². The van der Waals surface area contributed by atoms with Crippen molar-refractivity contribution in [3.63, 3.8) is 0 Å². The first kappa shape index (κ1) is 17.1. The van der Waals surface area contributed by atoms with Gasteiger partial charge in [-0.1, -0.05) is 36.0 Å². The zero-order valence-corrected chi connectivity index (χ0v) is 14.7. The van der Waals surface area contributed by atoms with Gasteiger partial charge in [0.05, 0.1) is 10.0 Å². The molecule has 1 aliphatic rings. The molecule has 1 heterocycles. The molecule has 0 radical (unpaired) electrons. The molecule has 1 fully saturated rings. The van der Waals surface area contributed by atoms with Crippen LogP contribution in [0.25, 0.3) is 0 Å². The Bertz CT molecular complexity index is 703. The van der Waals surface area contributed by atoms with E-state index in [1.165, 1.54) is 0 Å². The number of carbonyl (C=O) groups is 1. The molecule has 1 saturated carbocycles. The number of nitrogens with one attached hydrogen (secondary N) is 1. The second-order valence-electron chi connectivity index (χ2n) is 5.98. The zero-order valence-electron chi connectivity index (χ0n) is 13.2. The number of pyridine rings is 1. The van der Waals surface area contributed by atoms with Crippen LogP contribution in [0.4, 0.5) is 10.5 Å². The molecule has 0 saturated heterocycles. The van der Waals surface area contributed by atoms with E-state index >= 15 is 0 Å². The van der Waals surface area contributed by atoms with E-state index in [4.69, 9.17) is 23.2 Å². The second kappa shape index (κ2) is 7.86. The maximum atomic E-state index is 12.8. The highest BCUT2D eigenvalue weighted by molar-refractivity contribution is 6.42. The number of urea groups is 1. The Morgan fingerprint density at radius 3 is 2.50 bits per heavy atom. The maximum absolute atomic E-state index is 12.8. The van der Waals surface area contributed by atoms with Gasteiger partial charge in [-0.05, 0) is 48.7 Å².